The quantitative estimate of drug-likeness (QED) is 0.246. The fourth-order valence-electron chi connectivity index (χ4n) is 6.06. The molecule has 0 bridgehead atoms. The molecule has 1 aliphatic heterocycles. The van der Waals surface area contributed by atoms with Crippen LogP contribution in [0.3, 0.4) is 0 Å². The van der Waals surface area contributed by atoms with Gasteiger partial charge in [0.25, 0.3) is 0 Å². The summed E-state index contributed by atoms with van der Waals surface area (Å²) < 4.78 is 14.8. The lowest BCUT2D eigenvalue weighted by atomic mass is 9.86. The summed E-state index contributed by atoms with van der Waals surface area (Å²) in [6.45, 7) is 4.43. The number of rotatable bonds is 12. The van der Waals surface area contributed by atoms with E-state index in [4.69, 9.17) is 26.1 Å². The van der Waals surface area contributed by atoms with Crippen LogP contribution in [-0.4, -0.2) is 29.2 Å². The van der Waals surface area contributed by atoms with Gasteiger partial charge in [-0.25, -0.2) is 4.98 Å². The Morgan fingerprint density at radius 1 is 0.892 bits per heavy atom. The van der Waals surface area contributed by atoms with E-state index in [1.54, 1.807) is 0 Å². The van der Waals surface area contributed by atoms with Crippen molar-refractivity contribution in [1.82, 2.24) is 14.9 Å². The number of ether oxygens (including phenoxy) is 2. The summed E-state index contributed by atoms with van der Waals surface area (Å²) in [4.78, 5) is 5.05. The third-order valence-corrected chi connectivity index (χ3v) is 8.39. The Bertz CT molecular complexity index is 1100. The van der Waals surface area contributed by atoms with E-state index in [1.807, 2.05) is 24.3 Å². The van der Waals surface area contributed by atoms with Gasteiger partial charge in [-0.15, -0.1) is 0 Å². The van der Waals surface area contributed by atoms with Crippen molar-refractivity contribution in [3.8, 4) is 11.5 Å². The summed E-state index contributed by atoms with van der Waals surface area (Å²) in [5, 5.41) is 4.26. The van der Waals surface area contributed by atoms with Gasteiger partial charge in [0.15, 0.2) is 0 Å². The summed E-state index contributed by atoms with van der Waals surface area (Å²) in [5.41, 5.74) is 2.09. The van der Waals surface area contributed by atoms with Gasteiger partial charge in [-0.05, 0) is 99.8 Å². The number of aromatic nitrogens is 2. The number of hydrogen-bond acceptors (Lipinski definition) is 4. The summed E-state index contributed by atoms with van der Waals surface area (Å²) in [7, 11) is 0. The molecule has 2 aromatic carbocycles. The van der Waals surface area contributed by atoms with Crippen molar-refractivity contribution in [2.75, 3.05) is 19.7 Å². The number of benzene rings is 2. The second-order valence-corrected chi connectivity index (χ2v) is 11.3. The van der Waals surface area contributed by atoms with Crippen LogP contribution in [0.5, 0.6) is 11.5 Å². The molecule has 2 fully saturated rings. The number of aryl methyl sites for hydroxylation is 1. The van der Waals surface area contributed by atoms with Crippen molar-refractivity contribution in [2.24, 2.45) is 11.8 Å². The highest BCUT2D eigenvalue weighted by Gasteiger charge is 2.18. The minimum Gasteiger partial charge on any atom is -0.491 e. The van der Waals surface area contributed by atoms with Crippen LogP contribution in [0, 0.1) is 11.8 Å². The molecule has 0 radical (unpaired) electrons. The van der Waals surface area contributed by atoms with E-state index in [2.05, 4.69) is 28.1 Å². The molecule has 1 aliphatic carbocycles. The van der Waals surface area contributed by atoms with E-state index in [-0.39, 0.29) is 0 Å². The number of fused-ring (bicyclic) bond motifs is 1. The third kappa shape index (κ3) is 7.42. The molecule has 0 amide bonds. The number of imidazole rings is 1. The molecule has 6 heteroatoms. The third-order valence-electron chi connectivity index (χ3n) is 8.13. The lowest BCUT2D eigenvalue weighted by Crippen LogP contribution is -2.29. The fraction of sp³-hybridized carbons (Fsp3) is 0.581. The maximum absolute atomic E-state index is 6.31. The number of nitrogens with zero attached hydrogens (tertiary/aromatic N) is 2. The first-order valence-electron chi connectivity index (χ1n) is 14.5. The Balaban J connectivity index is 1.27. The molecule has 1 N–H and O–H groups in total. The molecule has 1 atom stereocenters. The van der Waals surface area contributed by atoms with Crippen LogP contribution in [0.15, 0.2) is 42.5 Å². The molecule has 5 rings (SSSR count). The van der Waals surface area contributed by atoms with Gasteiger partial charge in [0, 0.05) is 11.6 Å². The van der Waals surface area contributed by atoms with Crippen molar-refractivity contribution < 1.29 is 9.47 Å². The topological polar surface area (TPSA) is 48.3 Å². The lowest BCUT2D eigenvalue weighted by Gasteiger charge is -2.22. The van der Waals surface area contributed by atoms with Crippen LogP contribution in [0.2, 0.25) is 5.02 Å². The predicted octanol–water partition coefficient (Wildman–Crippen LogP) is 7.79. The number of piperidine rings is 1. The van der Waals surface area contributed by atoms with Crippen LogP contribution in [-0.2, 0) is 13.2 Å². The molecule has 1 unspecified atom stereocenters. The normalized spacial score (nSPS) is 18.8. The molecule has 1 saturated heterocycles. The molecular formula is C31H42ClN3O2. The monoisotopic (exact) mass is 523 g/mol. The number of nitrogens with one attached hydrogen (secondary N) is 1. The minimum absolute atomic E-state index is 0.419. The molecule has 0 spiro atoms. The molecule has 2 heterocycles. The Morgan fingerprint density at radius 3 is 2.51 bits per heavy atom. The van der Waals surface area contributed by atoms with Crippen molar-refractivity contribution >= 4 is 22.6 Å². The molecule has 37 heavy (non-hydrogen) atoms. The van der Waals surface area contributed by atoms with Gasteiger partial charge in [-0.3, -0.25) is 0 Å². The summed E-state index contributed by atoms with van der Waals surface area (Å²) >= 11 is 6.05. The van der Waals surface area contributed by atoms with E-state index in [9.17, 15) is 0 Å². The van der Waals surface area contributed by atoms with Gasteiger partial charge in [-0.1, -0.05) is 49.8 Å². The van der Waals surface area contributed by atoms with E-state index >= 15 is 0 Å². The number of halogens is 1. The lowest BCUT2D eigenvalue weighted by molar-refractivity contribution is 0.270. The van der Waals surface area contributed by atoms with Crippen molar-refractivity contribution in [1.29, 1.82) is 0 Å². The maximum Gasteiger partial charge on any atom is 0.148 e. The zero-order valence-corrected chi connectivity index (χ0v) is 22.9. The van der Waals surface area contributed by atoms with Gasteiger partial charge in [-0.2, -0.15) is 0 Å². The number of para-hydroxylation sites is 1. The summed E-state index contributed by atoms with van der Waals surface area (Å²) in [5.74, 6) is 4.31. The highest BCUT2D eigenvalue weighted by molar-refractivity contribution is 6.30. The van der Waals surface area contributed by atoms with E-state index in [0.29, 0.717) is 11.6 Å². The zero-order chi connectivity index (χ0) is 25.3. The second-order valence-electron chi connectivity index (χ2n) is 10.9. The van der Waals surface area contributed by atoms with Crippen molar-refractivity contribution in [3.05, 3.63) is 53.3 Å². The molecule has 1 saturated carbocycles. The largest absolute Gasteiger partial charge is 0.491 e. The average Bonchev–Trinajstić information content (AvgIpc) is 3.30. The molecule has 200 valence electrons. The molecule has 1 aromatic heterocycles. The van der Waals surface area contributed by atoms with E-state index < -0.39 is 0 Å². The van der Waals surface area contributed by atoms with Crippen LogP contribution < -0.4 is 14.8 Å². The first-order valence-corrected chi connectivity index (χ1v) is 14.8. The van der Waals surface area contributed by atoms with Gasteiger partial charge < -0.3 is 19.4 Å². The highest BCUT2D eigenvalue weighted by Crippen LogP contribution is 2.30. The first-order chi connectivity index (χ1) is 18.3. The highest BCUT2D eigenvalue weighted by atomic mass is 35.5. The summed E-state index contributed by atoms with van der Waals surface area (Å²) in [6, 6.07) is 13.9. The Hall–Kier alpha value is -2.24. The molecule has 2 aliphatic rings. The second kappa shape index (κ2) is 13.5. The standard InChI is InChI=1S/C31H42ClN3O2/c32-26-15-17-27(18-16-26)37-23-30-34-31-28(35(30)20-6-11-25-10-5-19-33-22-25)13-4-14-29(31)36-21-7-12-24-8-2-1-3-9-24/h4,13-18,24-25,33H,1-3,5-12,19-23H2. The fourth-order valence-corrected chi connectivity index (χ4v) is 6.19. The first kappa shape index (κ1) is 26.4. The number of hydrogen-bond donors (Lipinski definition) is 1. The van der Waals surface area contributed by atoms with Gasteiger partial charge >= 0.3 is 0 Å². The van der Waals surface area contributed by atoms with Crippen LogP contribution in [0.1, 0.15) is 76.5 Å². The summed E-state index contributed by atoms with van der Waals surface area (Å²) in [6.07, 6.45) is 14.4. The van der Waals surface area contributed by atoms with Crippen LogP contribution in [0.4, 0.5) is 0 Å². The Kier molecular flexibility index (Phi) is 9.64. The maximum atomic E-state index is 6.31. The van der Waals surface area contributed by atoms with Gasteiger partial charge in [0.1, 0.15) is 29.4 Å². The molecule has 3 aromatic rings. The smallest absolute Gasteiger partial charge is 0.148 e. The van der Waals surface area contributed by atoms with E-state index in [0.717, 1.165) is 79.3 Å². The van der Waals surface area contributed by atoms with Crippen LogP contribution in [0.25, 0.3) is 11.0 Å². The SMILES string of the molecule is Clc1ccc(OCc2nc3c(OCCCC4CCCCC4)cccc3n2CCCC2CCCNC2)cc1. The minimum atomic E-state index is 0.419. The zero-order valence-electron chi connectivity index (χ0n) is 22.1. The Morgan fingerprint density at radius 2 is 1.70 bits per heavy atom. The molecule has 5 nitrogen and oxygen atoms in total. The predicted molar refractivity (Wildman–Crippen MR) is 152 cm³/mol. The van der Waals surface area contributed by atoms with Crippen molar-refractivity contribution in [3.63, 3.8) is 0 Å². The van der Waals surface area contributed by atoms with Crippen LogP contribution >= 0.6 is 11.6 Å². The molecular weight excluding hydrogens is 482 g/mol. The van der Waals surface area contributed by atoms with E-state index in [1.165, 1.54) is 57.8 Å². The van der Waals surface area contributed by atoms with Gasteiger partial charge in [0.05, 0.1) is 12.1 Å². The average molecular weight is 524 g/mol. The Labute approximate surface area is 226 Å². The van der Waals surface area contributed by atoms with Gasteiger partial charge in [0.2, 0.25) is 0 Å². The van der Waals surface area contributed by atoms with Crippen molar-refractivity contribution in [2.45, 2.75) is 83.8 Å².